The smallest absolute Gasteiger partial charge is 0.284 e. The van der Waals surface area contributed by atoms with Gasteiger partial charge >= 0.3 is 0 Å². The second-order valence-corrected chi connectivity index (χ2v) is 6.24. The third-order valence-corrected chi connectivity index (χ3v) is 4.56. The maximum atomic E-state index is 12.4. The standard InChI is InChI=1S/C14H18BrN3O3/c1-16-7-3-4-11(16)9-17(2)14(19)10-5-6-12(15)13(8-10)18(20)21/h5-6,8,11H,3-4,7,9H2,1-2H3. The molecule has 0 spiro atoms. The highest BCUT2D eigenvalue weighted by molar-refractivity contribution is 9.10. The quantitative estimate of drug-likeness (QED) is 0.614. The number of benzene rings is 1. The van der Waals surface area contributed by atoms with Crippen molar-refractivity contribution in [1.29, 1.82) is 0 Å². The van der Waals surface area contributed by atoms with E-state index in [0.29, 0.717) is 22.6 Å². The Morgan fingerprint density at radius 2 is 2.29 bits per heavy atom. The Bertz CT molecular complexity index is 564. The molecule has 21 heavy (non-hydrogen) atoms. The zero-order valence-electron chi connectivity index (χ0n) is 12.1. The molecule has 1 heterocycles. The first-order valence-electron chi connectivity index (χ1n) is 6.80. The summed E-state index contributed by atoms with van der Waals surface area (Å²) in [5, 5.41) is 10.9. The van der Waals surface area contributed by atoms with Gasteiger partial charge in [0.05, 0.1) is 9.40 Å². The maximum Gasteiger partial charge on any atom is 0.284 e. The molecule has 1 aromatic carbocycles. The van der Waals surface area contributed by atoms with Gasteiger partial charge in [-0.1, -0.05) is 0 Å². The molecule has 0 radical (unpaired) electrons. The van der Waals surface area contributed by atoms with E-state index in [2.05, 4.69) is 27.9 Å². The van der Waals surface area contributed by atoms with Crippen molar-refractivity contribution in [3.8, 4) is 0 Å². The number of hydrogen-bond donors (Lipinski definition) is 0. The van der Waals surface area contributed by atoms with Crippen molar-refractivity contribution in [3.05, 3.63) is 38.3 Å². The number of likely N-dealkylation sites (tertiary alicyclic amines) is 1. The van der Waals surface area contributed by atoms with Gasteiger partial charge in [-0.25, -0.2) is 0 Å². The lowest BCUT2D eigenvalue weighted by atomic mass is 10.1. The fourth-order valence-corrected chi connectivity index (χ4v) is 3.01. The Labute approximate surface area is 132 Å². The topological polar surface area (TPSA) is 66.7 Å². The molecule has 1 aliphatic rings. The van der Waals surface area contributed by atoms with Gasteiger partial charge in [0.15, 0.2) is 0 Å². The lowest BCUT2D eigenvalue weighted by Crippen LogP contribution is -2.39. The Morgan fingerprint density at radius 3 is 2.86 bits per heavy atom. The van der Waals surface area contributed by atoms with Gasteiger partial charge in [0.1, 0.15) is 0 Å². The summed E-state index contributed by atoms with van der Waals surface area (Å²) in [7, 11) is 3.79. The average Bonchev–Trinajstić information content (AvgIpc) is 2.83. The van der Waals surface area contributed by atoms with Crippen LogP contribution in [0.2, 0.25) is 0 Å². The average molecular weight is 356 g/mol. The van der Waals surface area contributed by atoms with Crippen molar-refractivity contribution in [2.45, 2.75) is 18.9 Å². The van der Waals surface area contributed by atoms with Crippen LogP contribution in [-0.4, -0.2) is 53.9 Å². The van der Waals surface area contributed by atoms with Crippen molar-refractivity contribution < 1.29 is 9.72 Å². The lowest BCUT2D eigenvalue weighted by molar-refractivity contribution is -0.385. The molecule has 7 heteroatoms. The molecular formula is C14H18BrN3O3. The van der Waals surface area contributed by atoms with Crippen LogP contribution < -0.4 is 0 Å². The number of rotatable bonds is 4. The first kappa shape index (κ1) is 15.9. The second-order valence-electron chi connectivity index (χ2n) is 5.39. The molecule has 1 saturated heterocycles. The van der Waals surface area contributed by atoms with Gasteiger partial charge in [0.25, 0.3) is 11.6 Å². The predicted octanol–water partition coefficient (Wildman–Crippen LogP) is 2.52. The number of carbonyl (C=O) groups excluding carboxylic acids is 1. The Morgan fingerprint density at radius 1 is 1.57 bits per heavy atom. The zero-order chi connectivity index (χ0) is 15.6. The van der Waals surface area contributed by atoms with Crippen LogP contribution >= 0.6 is 15.9 Å². The van der Waals surface area contributed by atoms with Crippen LogP contribution in [0.1, 0.15) is 23.2 Å². The molecule has 1 unspecified atom stereocenters. The van der Waals surface area contributed by atoms with Crippen LogP contribution in [0.15, 0.2) is 22.7 Å². The number of halogens is 1. The van der Waals surface area contributed by atoms with E-state index in [0.717, 1.165) is 19.4 Å². The highest BCUT2D eigenvalue weighted by Crippen LogP contribution is 2.26. The minimum absolute atomic E-state index is 0.0905. The summed E-state index contributed by atoms with van der Waals surface area (Å²) in [4.78, 5) is 26.7. The van der Waals surface area contributed by atoms with E-state index in [-0.39, 0.29) is 11.6 Å². The van der Waals surface area contributed by atoms with E-state index < -0.39 is 4.92 Å². The van der Waals surface area contributed by atoms with Gasteiger partial charge in [0, 0.05) is 31.3 Å². The maximum absolute atomic E-state index is 12.4. The summed E-state index contributed by atoms with van der Waals surface area (Å²) in [6.07, 6.45) is 2.22. The summed E-state index contributed by atoms with van der Waals surface area (Å²) in [6, 6.07) is 4.83. The second kappa shape index (κ2) is 6.53. The van der Waals surface area contributed by atoms with E-state index in [1.807, 2.05) is 0 Å². The van der Waals surface area contributed by atoms with Crippen LogP contribution in [0.25, 0.3) is 0 Å². The van der Waals surface area contributed by atoms with Gasteiger partial charge in [-0.2, -0.15) is 0 Å². The summed E-state index contributed by atoms with van der Waals surface area (Å²) in [6.45, 7) is 1.69. The molecule has 0 N–H and O–H groups in total. The number of amides is 1. The molecule has 1 amide bonds. The van der Waals surface area contributed by atoms with Gasteiger partial charge in [0.2, 0.25) is 0 Å². The van der Waals surface area contributed by atoms with E-state index in [1.165, 1.54) is 6.07 Å². The lowest BCUT2D eigenvalue weighted by Gasteiger charge is -2.25. The molecule has 2 rings (SSSR count). The fraction of sp³-hybridized carbons (Fsp3) is 0.500. The first-order chi connectivity index (χ1) is 9.90. The Hall–Kier alpha value is -1.47. The molecular weight excluding hydrogens is 338 g/mol. The van der Waals surface area contributed by atoms with Gasteiger partial charge in [-0.15, -0.1) is 0 Å². The highest BCUT2D eigenvalue weighted by atomic mass is 79.9. The van der Waals surface area contributed by atoms with Crippen molar-refractivity contribution in [2.75, 3.05) is 27.2 Å². The third kappa shape index (κ3) is 3.59. The van der Waals surface area contributed by atoms with Gasteiger partial charge < -0.3 is 9.80 Å². The van der Waals surface area contributed by atoms with E-state index in [4.69, 9.17) is 0 Å². The van der Waals surface area contributed by atoms with Crippen molar-refractivity contribution in [3.63, 3.8) is 0 Å². The first-order valence-corrected chi connectivity index (χ1v) is 7.59. The van der Waals surface area contributed by atoms with E-state index >= 15 is 0 Å². The molecule has 6 nitrogen and oxygen atoms in total. The number of likely N-dealkylation sites (N-methyl/N-ethyl adjacent to an activating group) is 2. The van der Waals surface area contributed by atoms with Crippen LogP contribution in [0.5, 0.6) is 0 Å². The molecule has 1 atom stereocenters. The molecule has 0 aliphatic carbocycles. The molecule has 1 fully saturated rings. The predicted molar refractivity (Wildman–Crippen MR) is 83.4 cm³/mol. The molecule has 114 valence electrons. The summed E-state index contributed by atoms with van der Waals surface area (Å²) >= 11 is 3.12. The zero-order valence-corrected chi connectivity index (χ0v) is 13.7. The number of hydrogen-bond acceptors (Lipinski definition) is 4. The SMILES string of the molecule is CN(CC1CCCN1C)C(=O)c1ccc(Br)c([N+](=O)[O-])c1. The monoisotopic (exact) mass is 355 g/mol. The molecule has 0 bridgehead atoms. The van der Waals surface area contributed by atoms with E-state index in [1.54, 1.807) is 24.1 Å². The molecule has 0 aromatic heterocycles. The number of nitrogens with zero attached hydrogens (tertiary/aromatic N) is 3. The van der Waals surface area contributed by atoms with Crippen LogP contribution in [0.4, 0.5) is 5.69 Å². The molecule has 0 saturated carbocycles. The van der Waals surface area contributed by atoms with Gasteiger partial charge in [-0.3, -0.25) is 14.9 Å². The molecule has 1 aliphatic heterocycles. The minimum atomic E-state index is -0.494. The third-order valence-electron chi connectivity index (χ3n) is 3.89. The number of nitro benzene ring substituents is 1. The van der Waals surface area contributed by atoms with Crippen molar-refractivity contribution >= 4 is 27.5 Å². The van der Waals surface area contributed by atoms with Crippen LogP contribution in [0.3, 0.4) is 0 Å². The summed E-state index contributed by atoms with van der Waals surface area (Å²) in [5.41, 5.74) is 0.250. The van der Waals surface area contributed by atoms with Crippen LogP contribution in [0, 0.1) is 10.1 Å². The molecule has 1 aromatic rings. The number of nitro groups is 1. The fourth-order valence-electron chi connectivity index (χ4n) is 2.61. The van der Waals surface area contributed by atoms with E-state index in [9.17, 15) is 14.9 Å². The Kier molecular flexibility index (Phi) is 4.95. The minimum Gasteiger partial charge on any atom is -0.340 e. The number of carbonyl (C=O) groups is 1. The Balaban J connectivity index is 2.12. The van der Waals surface area contributed by atoms with Gasteiger partial charge in [-0.05, 0) is 54.5 Å². The summed E-state index contributed by atoms with van der Waals surface area (Å²) < 4.78 is 0.377. The van der Waals surface area contributed by atoms with Crippen molar-refractivity contribution in [1.82, 2.24) is 9.80 Å². The summed E-state index contributed by atoms with van der Waals surface area (Å²) in [5.74, 6) is -0.189. The normalized spacial score (nSPS) is 18.7. The van der Waals surface area contributed by atoms with Crippen molar-refractivity contribution in [2.24, 2.45) is 0 Å². The van der Waals surface area contributed by atoms with Crippen LogP contribution in [-0.2, 0) is 0 Å². The largest absolute Gasteiger partial charge is 0.340 e. The highest BCUT2D eigenvalue weighted by Gasteiger charge is 2.25.